The molecule has 0 saturated heterocycles. The summed E-state index contributed by atoms with van der Waals surface area (Å²) in [6.45, 7) is 7.13. The zero-order chi connectivity index (χ0) is 19.4. The molecule has 1 aliphatic carbocycles. The van der Waals surface area contributed by atoms with Gasteiger partial charge in [0.2, 0.25) is 0 Å². The third kappa shape index (κ3) is 5.06. The van der Waals surface area contributed by atoms with Crippen LogP contribution < -0.4 is 5.56 Å². The number of nitrogens with zero attached hydrogens (tertiary/aromatic N) is 2. The maximum absolute atomic E-state index is 12.5. The summed E-state index contributed by atoms with van der Waals surface area (Å²) in [6, 6.07) is 12.4. The fraction of sp³-hybridized carbons (Fsp3) is 0.500. The van der Waals surface area contributed by atoms with Gasteiger partial charge in [-0.25, -0.2) is 9.48 Å². The number of benzene rings is 1. The van der Waals surface area contributed by atoms with E-state index in [0.717, 1.165) is 31.2 Å². The molecule has 0 atom stereocenters. The van der Waals surface area contributed by atoms with Crippen molar-refractivity contribution < 1.29 is 9.53 Å². The largest absolute Gasteiger partial charge is 0.458 e. The van der Waals surface area contributed by atoms with Crippen LogP contribution in [-0.2, 0) is 11.3 Å². The molecular weight excluding hydrogens is 340 g/mol. The Labute approximate surface area is 160 Å². The van der Waals surface area contributed by atoms with Crippen molar-refractivity contribution in [2.45, 2.75) is 59.1 Å². The molecule has 0 radical (unpaired) electrons. The number of carbonyl (C=O) groups is 1. The molecule has 5 heteroatoms. The SMILES string of the molecule is CC(C)(C)C1CCC(OC(=O)c2ccc(=O)n(Cc3ccccc3)n2)CC1. The molecule has 1 aliphatic rings. The van der Waals surface area contributed by atoms with E-state index in [0.29, 0.717) is 17.9 Å². The predicted octanol–water partition coefficient (Wildman–Crippen LogP) is 4.05. The molecule has 3 rings (SSSR count). The third-order valence-corrected chi connectivity index (χ3v) is 5.42. The Hall–Kier alpha value is -2.43. The highest BCUT2D eigenvalue weighted by Gasteiger charge is 2.31. The van der Waals surface area contributed by atoms with E-state index < -0.39 is 5.97 Å². The van der Waals surface area contributed by atoms with Gasteiger partial charge >= 0.3 is 5.97 Å². The Morgan fingerprint density at radius 1 is 1.07 bits per heavy atom. The number of rotatable bonds is 4. The number of ether oxygens (including phenoxy) is 1. The molecule has 1 fully saturated rings. The Balaban J connectivity index is 1.64. The van der Waals surface area contributed by atoms with Crippen molar-refractivity contribution in [2.75, 3.05) is 0 Å². The molecule has 0 bridgehead atoms. The fourth-order valence-corrected chi connectivity index (χ4v) is 3.69. The Kier molecular flexibility index (Phi) is 5.78. The summed E-state index contributed by atoms with van der Waals surface area (Å²) in [5.41, 5.74) is 1.20. The first kappa shape index (κ1) is 19.3. The van der Waals surface area contributed by atoms with E-state index in [1.807, 2.05) is 30.3 Å². The minimum atomic E-state index is -0.448. The lowest BCUT2D eigenvalue weighted by Crippen LogP contribution is -2.31. The van der Waals surface area contributed by atoms with Crippen molar-refractivity contribution in [3.05, 3.63) is 64.1 Å². The highest BCUT2D eigenvalue weighted by Crippen LogP contribution is 2.38. The number of hydrogen-bond donors (Lipinski definition) is 0. The van der Waals surface area contributed by atoms with Gasteiger partial charge in [-0.2, -0.15) is 5.10 Å². The van der Waals surface area contributed by atoms with E-state index in [2.05, 4.69) is 25.9 Å². The van der Waals surface area contributed by atoms with E-state index >= 15 is 0 Å². The minimum absolute atomic E-state index is 0.0626. The van der Waals surface area contributed by atoms with Crippen LogP contribution in [0, 0.1) is 11.3 Å². The Bertz CT molecular complexity index is 829. The van der Waals surface area contributed by atoms with Crippen molar-refractivity contribution in [3.8, 4) is 0 Å². The van der Waals surface area contributed by atoms with Crippen LogP contribution in [0.2, 0.25) is 0 Å². The van der Waals surface area contributed by atoms with E-state index in [4.69, 9.17) is 4.74 Å². The van der Waals surface area contributed by atoms with Crippen molar-refractivity contribution in [1.29, 1.82) is 0 Å². The maximum Gasteiger partial charge on any atom is 0.359 e. The topological polar surface area (TPSA) is 61.2 Å². The van der Waals surface area contributed by atoms with E-state index in [-0.39, 0.29) is 17.4 Å². The van der Waals surface area contributed by atoms with Crippen LogP contribution in [-0.4, -0.2) is 21.9 Å². The van der Waals surface area contributed by atoms with Gasteiger partial charge in [0.15, 0.2) is 5.69 Å². The summed E-state index contributed by atoms with van der Waals surface area (Å²) < 4.78 is 6.97. The van der Waals surface area contributed by atoms with E-state index in [1.54, 1.807) is 0 Å². The van der Waals surface area contributed by atoms with Crippen LogP contribution in [0.4, 0.5) is 0 Å². The average molecular weight is 368 g/mol. The second kappa shape index (κ2) is 8.07. The molecule has 0 N–H and O–H groups in total. The molecule has 27 heavy (non-hydrogen) atoms. The molecule has 1 aromatic carbocycles. The number of hydrogen-bond acceptors (Lipinski definition) is 4. The summed E-state index contributed by atoms with van der Waals surface area (Å²) in [7, 11) is 0. The highest BCUT2D eigenvalue weighted by atomic mass is 16.5. The summed E-state index contributed by atoms with van der Waals surface area (Å²) >= 11 is 0. The van der Waals surface area contributed by atoms with Crippen molar-refractivity contribution in [1.82, 2.24) is 9.78 Å². The molecule has 1 aromatic heterocycles. The van der Waals surface area contributed by atoms with Crippen LogP contribution in [0.15, 0.2) is 47.3 Å². The predicted molar refractivity (Wildman–Crippen MR) is 105 cm³/mol. The van der Waals surface area contributed by atoms with Crippen LogP contribution >= 0.6 is 0 Å². The summed E-state index contributed by atoms with van der Waals surface area (Å²) in [4.78, 5) is 24.6. The lowest BCUT2D eigenvalue weighted by Gasteiger charge is -2.36. The van der Waals surface area contributed by atoms with Crippen molar-refractivity contribution in [3.63, 3.8) is 0 Å². The third-order valence-electron chi connectivity index (χ3n) is 5.42. The molecular formula is C22H28N2O3. The average Bonchev–Trinajstić information content (AvgIpc) is 2.64. The van der Waals surface area contributed by atoms with Gasteiger partial charge in [-0.05, 0) is 48.6 Å². The van der Waals surface area contributed by atoms with Gasteiger partial charge in [0, 0.05) is 6.07 Å². The smallest absolute Gasteiger partial charge is 0.359 e. The molecule has 0 unspecified atom stereocenters. The normalized spacial score (nSPS) is 20.3. The molecule has 144 valence electrons. The van der Waals surface area contributed by atoms with Crippen LogP contribution in [0.3, 0.4) is 0 Å². The monoisotopic (exact) mass is 368 g/mol. The minimum Gasteiger partial charge on any atom is -0.458 e. The first-order chi connectivity index (χ1) is 12.8. The lowest BCUT2D eigenvalue weighted by atomic mass is 9.72. The summed E-state index contributed by atoms with van der Waals surface area (Å²) in [5, 5.41) is 4.22. The fourth-order valence-electron chi connectivity index (χ4n) is 3.69. The van der Waals surface area contributed by atoms with Gasteiger partial charge < -0.3 is 4.74 Å². The highest BCUT2D eigenvalue weighted by molar-refractivity contribution is 5.87. The molecule has 0 amide bonds. The zero-order valence-corrected chi connectivity index (χ0v) is 16.4. The van der Waals surface area contributed by atoms with Gasteiger partial charge in [-0.1, -0.05) is 51.1 Å². The molecule has 1 heterocycles. The summed E-state index contributed by atoms with van der Waals surface area (Å²) in [5.74, 6) is 0.217. The first-order valence-electron chi connectivity index (χ1n) is 9.66. The van der Waals surface area contributed by atoms with Crippen LogP contribution in [0.25, 0.3) is 0 Å². The van der Waals surface area contributed by atoms with E-state index in [9.17, 15) is 9.59 Å². The van der Waals surface area contributed by atoms with Crippen LogP contribution in [0.1, 0.15) is 62.5 Å². The molecule has 0 aliphatic heterocycles. The standard InChI is InChI=1S/C22H28N2O3/c1-22(2,3)17-9-11-18(12-10-17)27-21(26)19-13-14-20(25)24(23-19)15-16-7-5-4-6-8-16/h4-8,13-14,17-18H,9-12,15H2,1-3H3. The summed E-state index contributed by atoms with van der Waals surface area (Å²) in [6.07, 6.45) is 3.85. The van der Waals surface area contributed by atoms with Gasteiger partial charge in [0.1, 0.15) is 6.10 Å². The lowest BCUT2D eigenvalue weighted by molar-refractivity contribution is 0.00846. The second-order valence-electron chi connectivity index (χ2n) is 8.45. The second-order valence-corrected chi connectivity index (χ2v) is 8.45. The van der Waals surface area contributed by atoms with Crippen molar-refractivity contribution >= 4 is 5.97 Å². The molecule has 5 nitrogen and oxygen atoms in total. The molecule has 1 saturated carbocycles. The van der Waals surface area contributed by atoms with E-state index in [1.165, 1.54) is 16.8 Å². The van der Waals surface area contributed by atoms with Crippen LogP contribution in [0.5, 0.6) is 0 Å². The number of esters is 1. The maximum atomic E-state index is 12.5. The van der Waals surface area contributed by atoms with Gasteiger partial charge in [-0.3, -0.25) is 4.79 Å². The Morgan fingerprint density at radius 3 is 2.37 bits per heavy atom. The quantitative estimate of drug-likeness (QED) is 0.764. The molecule has 2 aromatic rings. The van der Waals surface area contributed by atoms with Gasteiger partial charge in [0.05, 0.1) is 6.54 Å². The number of aromatic nitrogens is 2. The first-order valence-corrected chi connectivity index (χ1v) is 9.66. The Morgan fingerprint density at radius 2 is 1.74 bits per heavy atom. The van der Waals surface area contributed by atoms with Crippen molar-refractivity contribution in [2.24, 2.45) is 11.3 Å². The molecule has 0 spiro atoms. The van der Waals surface area contributed by atoms with Gasteiger partial charge in [0.25, 0.3) is 5.56 Å². The van der Waals surface area contributed by atoms with Gasteiger partial charge in [-0.15, -0.1) is 0 Å². The zero-order valence-electron chi connectivity index (χ0n) is 16.4. The number of carbonyl (C=O) groups excluding carboxylic acids is 1.